The second-order valence-electron chi connectivity index (χ2n) is 6.26. The molecule has 0 saturated heterocycles. The van der Waals surface area contributed by atoms with Gasteiger partial charge in [0.1, 0.15) is 0 Å². The molecule has 2 heterocycles. The van der Waals surface area contributed by atoms with E-state index in [0.29, 0.717) is 33.5 Å². The summed E-state index contributed by atoms with van der Waals surface area (Å²) in [4.78, 5) is 18.8. The second-order valence-corrected chi connectivity index (χ2v) is 7.47. The van der Waals surface area contributed by atoms with E-state index in [4.69, 9.17) is 11.6 Å². The molecule has 0 aliphatic carbocycles. The summed E-state index contributed by atoms with van der Waals surface area (Å²) in [5.74, 6) is -0.434. The summed E-state index contributed by atoms with van der Waals surface area (Å²) < 4.78 is 1.61. The molecule has 0 saturated carbocycles. The van der Waals surface area contributed by atoms with Crippen LogP contribution in [0.15, 0.2) is 53.7 Å². The SMILES string of the molecule is CCC(=O)N1c2ccccc2-c2c([O-])nc(SC)n[n+]2C1c1ccc(Cl)cc1. The Morgan fingerprint density at radius 2 is 1.96 bits per heavy atom. The van der Waals surface area contributed by atoms with Gasteiger partial charge in [-0.2, -0.15) is 0 Å². The highest BCUT2D eigenvalue weighted by Crippen LogP contribution is 2.41. The molecule has 0 bridgehead atoms. The Balaban J connectivity index is 2.06. The molecule has 1 aromatic heterocycles. The van der Waals surface area contributed by atoms with E-state index in [2.05, 4.69) is 10.1 Å². The van der Waals surface area contributed by atoms with Crippen molar-refractivity contribution in [3.63, 3.8) is 0 Å². The van der Waals surface area contributed by atoms with Crippen molar-refractivity contribution in [1.29, 1.82) is 0 Å². The predicted octanol–water partition coefficient (Wildman–Crippen LogP) is 3.18. The third kappa shape index (κ3) is 3.00. The van der Waals surface area contributed by atoms with Crippen LogP contribution in [0.5, 0.6) is 5.88 Å². The van der Waals surface area contributed by atoms with E-state index in [0.717, 1.165) is 5.56 Å². The van der Waals surface area contributed by atoms with Crippen molar-refractivity contribution >= 4 is 35.0 Å². The number of rotatable bonds is 3. The Bertz CT molecular complexity index is 1060. The fourth-order valence-electron chi connectivity index (χ4n) is 3.40. The number of halogens is 1. The van der Waals surface area contributed by atoms with Crippen molar-refractivity contribution in [3.8, 4) is 17.1 Å². The largest absolute Gasteiger partial charge is 0.854 e. The van der Waals surface area contributed by atoms with Gasteiger partial charge in [-0.3, -0.25) is 4.79 Å². The topological polar surface area (TPSA) is 73.0 Å². The van der Waals surface area contributed by atoms with E-state index in [1.165, 1.54) is 11.8 Å². The molecule has 142 valence electrons. The molecular formula is C20H17ClN4O2S. The van der Waals surface area contributed by atoms with E-state index in [1.54, 1.807) is 21.7 Å². The number of para-hydroxylation sites is 1. The van der Waals surface area contributed by atoms with Crippen molar-refractivity contribution in [3.05, 3.63) is 59.1 Å². The molecule has 8 heteroatoms. The van der Waals surface area contributed by atoms with Gasteiger partial charge in [0.25, 0.3) is 17.0 Å². The van der Waals surface area contributed by atoms with Crippen LogP contribution in [0, 0.1) is 0 Å². The normalized spacial score (nSPS) is 15.1. The highest BCUT2D eigenvalue weighted by Gasteiger charge is 2.44. The molecule has 1 atom stereocenters. The van der Waals surface area contributed by atoms with Crippen LogP contribution in [0.4, 0.5) is 5.69 Å². The number of amides is 1. The zero-order valence-electron chi connectivity index (χ0n) is 15.3. The minimum absolute atomic E-state index is 0.0673. The summed E-state index contributed by atoms with van der Waals surface area (Å²) in [5, 5.41) is 18.4. The molecular weight excluding hydrogens is 396 g/mol. The monoisotopic (exact) mass is 412 g/mol. The Morgan fingerprint density at radius 1 is 1.25 bits per heavy atom. The maximum absolute atomic E-state index is 13.0. The van der Waals surface area contributed by atoms with Crippen LogP contribution in [-0.2, 0) is 4.79 Å². The fraction of sp³-hybridized carbons (Fsp3) is 0.200. The lowest BCUT2D eigenvalue weighted by atomic mass is 10.0. The molecule has 4 rings (SSSR count). The molecule has 3 aromatic rings. The first kappa shape index (κ1) is 18.7. The summed E-state index contributed by atoms with van der Waals surface area (Å²) in [5.41, 5.74) is 2.49. The number of nitrogens with zero attached hydrogens (tertiary/aromatic N) is 4. The molecule has 6 nitrogen and oxygen atoms in total. The van der Waals surface area contributed by atoms with Gasteiger partial charge in [0.2, 0.25) is 5.91 Å². The first-order valence-corrected chi connectivity index (χ1v) is 10.4. The molecule has 0 fully saturated rings. The maximum atomic E-state index is 13.0. The van der Waals surface area contributed by atoms with Gasteiger partial charge < -0.3 is 5.11 Å². The third-order valence-corrected chi connectivity index (χ3v) is 5.43. The molecule has 28 heavy (non-hydrogen) atoms. The lowest BCUT2D eigenvalue weighted by molar-refractivity contribution is -0.764. The Hall–Kier alpha value is -2.64. The van der Waals surface area contributed by atoms with E-state index in [1.807, 2.05) is 49.6 Å². The number of aromatic nitrogens is 3. The van der Waals surface area contributed by atoms with Gasteiger partial charge in [0.15, 0.2) is 0 Å². The number of anilines is 1. The van der Waals surface area contributed by atoms with Gasteiger partial charge in [0.05, 0.1) is 17.1 Å². The van der Waals surface area contributed by atoms with E-state index >= 15 is 0 Å². The molecule has 0 radical (unpaired) electrons. The van der Waals surface area contributed by atoms with Gasteiger partial charge in [-0.25, -0.2) is 9.88 Å². The van der Waals surface area contributed by atoms with Crippen LogP contribution in [-0.4, -0.2) is 22.2 Å². The second kappa shape index (κ2) is 7.41. The molecule has 1 aliphatic heterocycles. The number of benzene rings is 2. The average Bonchev–Trinajstić information content (AvgIpc) is 2.72. The third-order valence-electron chi connectivity index (χ3n) is 4.64. The highest BCUT2D eigenvalue weighted by atomic mass is 35.5. The summed E-state index contributed by atoms with van der Waals surface area (Å²) in [6.07, 6.45) is 1.53. The lowest BCUT2D eigenvalue weighted by Gasteiger charge is -2.33. The van der Waals surface area contributed by atoms with Crippen LogP contribution in [0.1, 0.15) is 25.1 Å². The standard InChI is InChI=1S/C20H17ClN4O2S/c1-3-16(26)24-15-7-5-4-6-14(15)17-18(27)22-20(28-2)23-25(17)19(24)12-8-10-13(21)11-9-12/h4-11,19H,3H2,1-2H3. The molecule has 0 N–H and O–H groups in total. The summed E-state index contributed by atoms with van der Waals surface area (Å²) in [6.45, 7) is 1.82. The quantitative estimate of drug-likeness (QED) is 0.488. The minimum Gasteiger partial charge on any atom is -0.854 e. The smallest absolute Gasteiger partial charge is 0.293 e. The number of hydrogen-bond donors (Lipinski definition) is 0. The van der Waals surface area contributed by atoms with E-state index in [-0.39, 0.29) is 11.8 Å². The van der Waals surface area contributed by atoms with Gasteiger partial charge in [0, 0.05) is 22.1 Å². The van der Waals surface area contributed by atoms with Crippen molar-refractivity contribution in [2.75, 3.05) is 11.2 Å². The van der Waals surface area contributed by atoms with Crippen LogP contribution in [0.25, 0.3) is 11.3 Å². The van der Waals surface area contributed by atoms with Crippen LogP contribution in [0.3, 0.4) is 0 Å². The molecule has 2 aromatic carbocycles. The van der Waals surface area contributed by atoms with Crippen molar-refractivity contribution in [2.45, 2.75) is 24.7 Å². The van der Waals surface area contributed by atoms with Gasteiger partial charge >= 0.3 is 0 Å². The number of carbonyl (C=O) groups is 1. The highest BCUT2D eigenvalue weighted by molar-refractivity contribution is 7.98. The Labute approximate surface area is 171 Å². The number of fused-ring (bicyclic) bond motifs is 3. The summed E-state index contributed by atoms with van der Waals surface area (Å²) in [7, 11) is 0. The average molecular weight is 413 g/mol. The number of hydrogen-bond acceptors (Lipinski definition) is 5. The van der Waals surface area contributed by atoms with Gasteiger partial charge in [-0.1, -0.05) is 47.1 Å². The van der Waals surface area contributed by atoms with Crippen LogP contribution in [0.2, 0.25) is 5.02 Å². The number of carbonyl (C=O) groups excluding carboxylic acids is 1. The van der Waals surface area contributed by atoms with Gasteiger partial charge in [-0.05, 0) is 42.7 Å². The Kier molecular flexibility index (Phi) is 4.95. The predicted molar refractivity (Wildman–Crippen MR) is 106 cm³/mol. The van der Waals surface area contributed by atoms with Crippen LogP contribution < -0.4 is 14.7 Å². The maximum Gasteiger partial charge on any atom is 0.293 e. The first-order valence-electron chi connectivity index (χ1n) is 8.77. The zero-order chi connectivity index (χ0) is 19.8. The minimum atomic E-state index is -0.601. The van der Waals surface area contributed by atoms with Gasteiger partial charge in [-0.15, -0.1) is 0 Å². The number of thioether (sulfide) groups is 1. The van der Waals surface area contributed by atoms with Crippen LogP contribution >= 0.6 is 23.4 Å². The first-order chi connectivity index (χ1) is 13.5. The van der Waals surface area contributed by atoms with Crippen molar-refractivity contribution < 1.29 is 14.6 Å². The molecule has 0 spiro atoms. The van der Waals surface area contributed by atoms with E-state index in [9.17, 15) is 9.90 Å². The summed E-state index contributed by atoms with van der Waals surface area (Å²) in [6, 6.07) is 14.6. The fourth-order valence-corrected chi connectivity index (χ4v) is 3.87. The van der Waals surface area contributed by atoms with Crippen molar-refractivity contribution in [1.82, 2.24) is 10.1 Å². The molecule has 1 amide bonds. The lowest BCUT2D eigenvalue weighted by Crippen LogP contribution is -2.59. The summed E-state index contributed by atoms with van der Waals surface area (Å²) >= 11 is 7.35. The molecule has 1 aliphatic rings. The van der Waals surface area contributed by atoms with E-state index < -0.39 is 6.17 Å². The molecule has 1 unspecified atom stereocenters. The van der Waals surface area contributed by atoms with Crippen molar-refractivity contribution in [2.24, 2.45) is 0 Å². The Morgan fingerprint density at radius 3 is 2.64 bits per heavy atom. The zero-order valence-corrected chi connectivity index (χ0v) is 16.9.